The summed E-state index contributed by atoms with van der Waals surface area (Å²) in [5.74, 6) is -0.378. The Morgan fingerprint density at radius 2 is 1.93 bits per heavy atom. The van der Waals surface area contributed by atoms with Crippen LogP contribution in [0.3, 0.4) is 0 Å². The maximum absolute atomic E-state index is 11.5. The Hall–Kier alpha value is -1.84. The smallest absolute Gasteiger partial charge is 0.415 e. The second kappa shape index (κ2) is 3.38. The fraction of sp³-hybridized carbons (Fsp3) is 0.273. The number of carbonyl (C=O) groups is 2. The minimum absolute atomic E-state index is 0.378. The van der Waals surface area contributed by atoms with E-state index in [9.17, 15) is 9.59 Å². The minimum Gasteiger partial charge on any atom is -0.432 e. The van der Waals surface area contributed by atoms with Crippen LogP contribution >= 0.6 is 0 Å². The lowest BCUT2D eigenvalue weighted by molar-refractivity contribution is -0.129. The number of hydrogen-bond acceptors (Lipinski definition) is 3. The average Bonchev–Trinajstić information content (AvgIpc) is 2.41. The van der Waals surface area contributed by atoms with Gasteiger partial charge >= 0.3 is 6.09 Å². The number of rotatable bonds is 2. The van der Waals surface area contributed by atoms with Gasteiger partial charge in [-0.3, -0.25) is 10.1 Å². The van der Waals surface area contributed by atoms with E-state index in [1.165, 1.54) is 0 Å². The van der Waals surface area contributed by atoms with E-state index in [-0.39, 0.29) is 5.91 Å². The summed E-state index contributed by atoms with van der Waals surface area (Å²) in [4.78, 5) is 22.4. The van der Waals surface area contributed by atoms with Crippen LogP contribution < -0.4 is 5.32 Å². The molecule has 1 heterocycles. The molecule has 1 fully saturated rings. The zero-order chi connectivity index (χ0) is 10.9. The third kappa shape index (κ3) is 1.83. The molecule has 15 heavy (non-hydrogen) atoms. The maximum atomic E-state index is 11.5. The second-order valence-corrected chi connectivity index (χ2v) is 3.74. The first-order valence-corrected chi connectivity index (χ1v) is 4.68. The lowest BCUT2D eigenvalue weighted by Gasteiger charge is -2.18. The van der Waals surface area contributed by atoms with E-state index in [0.29, 0.717) is 6.42 Å². The van der Waals surface area contributed by atoms with E-state index in [0.717, 1.165) is 5.56 Å². The van der Waals surface area contributed by atoms with Gasteiger partial charge in [0, 0.05) is 6.42 Å². The molecule has 4 nitrogen and oxygen atoms in total. The lowest BCUT2D eigenvalue weighted by atomic mass is 9.96. The van der Waals surface area contributed by atoms with Gasteiger partial charge in [0.15, 0.2) is 5.60 Å². The molecule has 1 unspecified atom stereocenters. The van der Waals surface area contributed by atoms with Gasteiger partial charge < -0.3 is 4.74 Å². The molecule has 1 aromatic rings. The van der Waals surface area contributed by atoms with Gasteiger partial charge in [-0.2, -0.15) is 0 Å². The predicted octanol–water partition coefficient (Wildman–Crippen LogP) is 1.25. The number of alkyl carbamates (subject to hydrolysis) is 1. The van der Waals surface area contributed by atoms with Crippen molar-refractivity contribution in [3.8, 4) is 0 Å². The van der Waals surface area contributed by atoms with Gasteiger partial charge in [-0.1, -0.05) is 30.3 Å². The fourth-order valence-corrected chi connectivity index (χ4v) is 1.60. The molecule has 0 bridgehead atoms. The Kier molecular flexibility index (Phi) is 2.19. The quantitative estimate of drug-likeness (QED) is 0.790. The Morgan fingerprint density at radius 1 is 1.27 bits per heavy atom. The van der Waals surface area contributed by atoms with Gasteiger partial charge in [-0.15, -0.1) is 0 Å². The van der Waals surface area contributed by atoms with E-state index in [1.54, 1.807) is 6.92 Å². The van der Waals surface area contributed by atoms with Crippen LogP contribution in [0, 0.1) is 0 Å². The Bertz CT molecular complexity index is 402. The molecule has 0 aromatic heterocycles. The molecule has 2 rings (SSSR count). The minimum atomic E-state index is -1.07. The van der Waals surface area contributed by atoms with E-state index in [2.05, 4.69) is 5.32 Å². The van der Waals surface area contributed by atoms with E-state index in [4.69, 9.17) is 4.74 Å². The zero-order valence-corrected chi connectivity index (χ0v) is 8.32. The topological polar surface area (TPSA) is 55.4 Å². The molecule has 1 aliphatic heterocycles. The van der Waals surface area contributed by atoms with Crippen molar-refractivity contribution in [2.24, 2.45) is 0 Å². The van der Waals surface area contributed by atoms with Gasteiger partial charge in [0.25, 0.3) is 5.91 Å². The van der Waals surface area contributed by atoms with Crippen molar-refractivity contribution in [2.75, 3.05) is 0 Å². The Labute approximate surface area is 87.2 Å². The van der Waals surface area contributed by atoms with Crippen LogP contribution in [-0.4, -0.2) is 17.6 Å². The first-order valence-electron chi connectivity index (χ1n) is 4.68. The highest BCUT2D eigenvalue weighted by Gasteiger charge is 2.44. The summed E-state index contributed by atoms with van der Waals surface area (Å²) < 4.78 is 4.97. The van der Waals surface area contributed by atoms with Crippen molar-refractivity contribution >= 4 is 12.0 Å². The van der Waals surface area contributed by atoms with Gasteiger partial charge in [-0.05, 0) is 12.5 Å². The van der Waals surface area contributed by atoms with Crippen LogP contribution in [0.5, 0.6) is 0 Å². The summed E-state index contributed by atoms with van der Waals surface area (Å²) in [5.41, 5.74) is -0.108. The summed E-state index contributed by atoms with van der Waals surface area (Å²) in [7, 11) is 0. The van der Waals surface area contributed by atoms with Crippen molar-refractivity contribution in [3.05, 3.63) is 35.9 Å². The summed E-state index contributed by atoms with van der Waals surface area (Å²) in [6.45, 7) is 1.61. The highest BCUT2D eigenvalue weighted by molar-refractivity contribution is 6.02. The van der Waals surface area contributed by atoms with Crippen molar-refractivity contribution < 1.29 is 14.3 Å². The van der Waals surface area contributed by atoms with Gasteiger partial charge in [-0.25, -0.2) is 4.79 Å². The standard InChI is InChI=1S/C11H11NO3/c1-11(9(13)12-10(14)15-11)7-8-5-3-2-4-6-8/h2-6H,7H2,1H3,(H,12,13,14). The van der Waals surface area contributed by atoms with E-state index >= 15 is 0 Å². The van der Waals surface area contributed by atoms with Gasteiger partial charge in [0.2, 0.25) is 0 Å². The van der Waals surface area contributed by atoms with Crippen molar-refractivity contribution in [3.63, 3.8) is 0 Å². The zero-order valence-electron chi connectivity index (χ0n) is 8.32. The molecule has 0 aliphatic carbocycles. The van der Waals surface area contributed by atoms with Gasteiger partial charge in [0.1, 0.15) is 0 Å². The summed E-state index contributed by atoms with van der Waals surface area (Å²) in [6.07, 6.45) is -0.274. The summed E-state index contributed by atoms with van der Waals surface area (Å²) in [5, 5.41) is 2.13. The molecule has 0 radical (unpaired) electrons. The Balaban J connectivity index is 2.18. The van der Waals surface area contributed by atoms with E-state index in [1.807, 2.05) is 30.3 Å². The molecule has 1 atom stereocenters. The van der Waals surface area contributed by atoms with Crippen molar-refractivity contribution in [2.45, 2.75) is 18.9 Å². The monoisotopic (exact) mass is 205 g/mol. The Morgan fingerprint density at radius 3 is 2.47 bits per heavy atom. The molecule has 1 saturated heterocycles. The van der Waals surface area contributed by atoms with Gasteiger partial charge in [0.05, 0.1) is 0 Å². The molecule has 1 aromatic carbocycles. The van der Waals surface area contributed by atoms with Crippen molar-refractivity contribution in [1.82, 2.24) is 5.32 Å². The number of carbonyl (C=O) groups excluding carboxylic acids is 2. The first kappa shape index (κ1) is 9.71. The van der Waals surface area contributed by atoms with Crippen LogP contribution in [0.15, 0.2) is 30.3 Å². The van der Waals surface area contributed by atoms with E-state index < -0.39 is 11.7 Å². The maximum Gasteiger partial charge on any atom is 0.415 e. The number of benzene rings is 1. The molecule has 0 saturated carbocycles. The number of hydrogen-bond donors (Lipinski definition) is 1. The molecular formula is C11H11NO3. The average molecular weight is 205 g/mol. The molecule has 1 aliphatic rings. The van der Waals surface area contributed by atoms with Crippen LogP contribution in [0.2, 0.25) is 0 Å². The summed E-state index contributed by atoms with van der Waals surface area (Å²) >= 11 is 0. The number of imide groups is 1. The largest absolute Gasteiger partial charge is 0.432 e. The molecule has 0 spiro atoms. The number of amides is 2. The van der Waals surface area contributed by atoms with Crippen LogP contribution in [-0.2, 0) is 16.0 Å². The highest BCUT2D eigenvalue weighted by Crippen LogP contribution is 2.22. The normalized spacial score (nSPS) is 24.9. The molecule has 78 valence electrons. The molecule has 1 N–H and O–H groups in total. The third-order valence-electron chi connectivity index (χ3n) is 2.40. The predicted molar refractivity (Wildman–Crippen MR) is 53.2 cm³/mol. The van der Waals surface area contributed by atoms with Crippen molar-refractivity contribution in [1.29, 1.82) is 0 Å². The highest BCUT2D eigenvalue weighted by atomic mass is 16.6. The van der Waals surface area contributed by atoms with Crippen LogP contribution in [0.4, 0.5) is 4.79 Å². The number of cyclic esters (lactones) is 1. The second-order valence-electron chi connectivity index (χ2n) is 3.74. The summed E-state index contributed by atoms with van der Waals surface area (Å²) in [6, 6.07) is 9.45. The lowest BCUT2D eigenvalue weighted by Crippen LogP contribution is -2.38. The first-order chi connectivity index (χ1) is 7.10. The van der Waals surface area contributed by atoms with Crippen LogP contribution in [0.25, 0.3) is 0 Å². The SMILES string of the molecule is CC1(Cc2ccccc2)OC(=O)NC1=O. The third-order valence-corrected chi connectivity index (χ3v) is 2.40. The fourth-order valence-electron chi connectivity index (χ4n) is 1.60. The number of nitrogens with one attached hydrogen (secondary N) is 1. The molecule has 2 amide bonds. The molecular weight excluding hydrogens is 194 g/mol. The molecule has 4 heteroatoms. The number of ether oxygens (including phenoxy) is 1. The van der Waals surface area contributed by atoms with Crippen LogP contribution in [0.1, 0.15) is 12.5 Å².